The molecule has 0 amide bonds. The smallest absolute Gasteiger partial charge is 0.423 e. The molecule has 1 rings (SSSR count). The zero-order chi connectivity index (χ0) is 13.9. The summed E-state index contributed by atoms with van der Waals surface area (Å²) in [7, 11) is -2.89. The maximum absolute atomic E-state index is 9.37. The van der Waals surface area contributed by atoms with Crippen molar-refractivity contribution >= 4 is 33.3 Å². The fourth-order valence-electron chi connectivity index (χ4n) is 1.56. The molecule has 18 heavy (non-hydrogen) atoms. The van der Waals surface area contributed by atoms with Crippen LogP contribution in [0.3, 0.4) is 0 Å². The molecular weight excluding hydrogens is 259 g/mol. The largest absolute Gasteiger partial charge is 0.488 e. The van der Waals surface area contributed by atoms with Crippen LogP contribution in [0.2, 0.25) is 19.6 Å². The van der Waals surface area contributed by atoms with Gasteiger partial charge in [-0.25, -0.2) is 0 Å². The molecule has 0 aliphatic carbocycles. The number of rotatable bonds is 2. The molecule has 0 unspecified atom stereocenters. The second-order valence-electron chi connectivity index (χ2n) is 5.38. The van der Waals surface area contributed by atoms with E-state index >= 15 is 0 Å². The number of hydrogen-bond acceptors (Lipinski definition) is 3. The van der Waals surface area contributed by atoms with E-state index in [-0.39, 0.29) is 0 Å². The Bertz CT molecular complexity index is 498. The molecule has 2 nitrogen and oxygen atoms in total. The van der Waals surface area contributed by atoms with Crippen LogP contribution >= 0.6 is 12.6 Å². The van der Waals surface area contributed by atoms with Gasteiger partial charge >= 0.3 is 7.12 Å². The topological polar surface area (TPSA) is 40.5 Å². The van der Waals surface area contributed by atoms with Crippen molar-refractivity contribution in [3.63, 3.8) is 0 Å². The summed E-state index contributed by atoms with van der Waals surface area (Å²) in [6.07, 6.45) is 0. The van der Waals surface area contributed by atoms with Gasteiger partial charge in [-0.15, -0.1) is 5.54 Å². The molecule has 0 radical (unpaired) electrons. The predicted octanol–water partition coefficient (Wildman–Crippen LogP) is 1.33. The molecule has 0 atom stereocenters. The van der Waals surface area contributed by atoms with E-state index < -0.39 is 15.2 Å². The minimum absolute atomic E-state index is 0.515. The molecule has 0 saturated carbocycles. The van der Waals surface area contributed by atoms with Crippen molar-refractivity contribution in [2.24, 2.45) is 0 Å². The van der Waals surface area contributed by atoms with E-state index in [0.29, 0.717) is 11.2 Å². The van der Waals surface area contributed by atoms with Crippen LogP contribution in [0.4, 0.5) is 0 Å². The molecule has 0 saturated heterocycles. The Balaban J connectivity index is 3.29. The summed E-state index contributed by atoms with van der Waals surface area (Å²) < 4.78 is 0. The van der Waals surface area contributed by atoms with Gasteiger partial charge in [-0.1, -0.05) is 25.6 Å². The van der Waals surface area contributed by atoms with Gasteiger partial charge in [-0.05, 0) is 35.6 Å². The SMILES string of the molecule is Cc1c(CS)cc(C#C[Si](C)(C)C)cc1B(O)O. The van der Waals surface area contributed by atoms with Crippen molar-refractivity contribution < 1.29 is 10.0 Å². The van der Waals surface area contributed by atoms with Gasteiger partial charge in [-0.3, -0.25) is 0 Å². The molecule has 1 aromatic rings. The summed E-state index contributed by atoms with van der Waals surface area (Å²) in [6.45, 7) is 8.40. The van der Waals surface area contributed by atoms with E-state index in [9.17, 15) is 10.0 Å². The second-order valence-corrected chi connectivity index (χ2v) is 10.4. The van der Waals surface area contributed by atoms with Crippen LogP contribution < -0.4 is 5.46 Å². The maximum Gasteiger partial charge on any atom is 0.488 e. The van der Waals surface area contributed by atoms with Gasteiger partial charge in [0, 0.05) is 11.3 Å². The van der Waals surface area contributed by atoms with Crippen LogP contribution in [-0.2, 0) is 5.75 Å². The molecule has 0 aliphatic heterocycles. The van der Waals surface area contributed by atoms with Crippen molar-refractivity contribution in [3.05, 3.63) is 28.8 Å². The van der Waals surface area contributed by atoms with Gasteiger partial charge in [-0.2, -0.15) is 12.6 Å². The van der Waals surface area contributed by atoms with Crippen molar-refractivity contribution in [1.82, 2.24) is 0 Å². The molecule has 0 bridgehead atoms. The van der Waals surface area contributed by atoms with Crippen LogP contribution in [-0.4, -0.2) is 25.2 Å². The Morgan fingerprint density at radius 2 is 1.89 bits per heavy atom. The van der Waals surface area contributed by atoms with E-state index in [4.69, 9.17) is 0 Å². The lowest BCUT2D eigenvalue weighted by molar-refractivity contribution is 0.425. The average molecular weight is 278 g/mol. The van der Waals surface area contributed by atoms with E-state index in [0.717, 1.165) is 16.7 Å². The minimum Gasteiger partial charge on any atom is -0.423 e. The third-order valence-corrected chi connectivity index (χ3v) is 3.80. The highest BCUT2D eigenvalue weighted by atomic mass is 32.1. The lowest BCUT2D eigenvalue weighted by Gasteiger charge is -2.11. The van der Waals surface area contributed by atoms with Crippen molar-refractivity contribution in [2.75, 3.05) is 0 Å². The standard InChI is InChI=1S/C13H19BO2SSi/c1-10-12(9-17)7-11(5-6-18(2,3)4)8-13(10)14(15)16/h7-8,15-17H,9H2,1-4H3. The van der Waals surface area contributed by atoms with E-state index in [1.54, 1.807) is 6.07 Å². The van der Waals surface area contributed by atoms with Gasteiger partial charge in [0.2, 0.25) is 0 Å². The predicted molar refractivity (Wildman–Crippen MR) is 83.9 cm³/mol. The Kier molecular flexibility index (Phi) is 5.11. The first-order chi connectivity index (χ1) is 8.24. The third-order valence-electron chi connectivity index (χ3n) is 2.59. The molecular formula is C13H19BO2SSi. The molecule has 0 aromatic heterocycles. The van der Waals surface area contributed by atoms with Crippen LogP contribution in [0.15, 0.2) is 12.1 Å². The van der Waals surface area contributed by atoms with Gasteiger partial charge in [0.05, 0.1) is 0 Å². The van der Waals surface area contributed by atoms with Crippen LogP contribution in [0.5, 0.6) is 0 Å². The minimum atomic E-state index is -1.46. The summed E-state index contributed by atoms with van der Waals surface area (Å²) in [5.41, 5.74) is 6.48. The number of benzene rings is 1. The first-order valence-corrected chi connectivity index (χ1v) is 10.0. The highest BCUT2D eigenvalue weighted by Crippen LogP contribution is 2.12. The number of thiol groups is 1. The van der Waals surface area contributed by atoms with Gasteiger partial charge < -0.3 is 10.0 Å². The molecule has 96 valence electrons. The van der Waals surface area contributed by atoms with Crippen LogP contribution in [0, 0.1) is 18.4 Å². The Morgan fingerprint density at radius 3 is 2.33 bits per heavy atom. The normalized spacial score (nSPS) is 10.8. The molecule has 0 heterocycles. The quantitative estimate of drug-likeness (QED) is 0.434. The van der Waals surface area contributed by atoms with E-state index in [1.165, 1.54) is 0 Å². The molecule has 5 heteroatoms. The van der Waals surface area contributed by atoms with Crippen LogP contribution in [0.25, 0.3) is 0 Å². The maximum atomic E-state index is 9.37. The molecule has 1 aromatic carbocycles. The van der Waals surface area contributed by atoms with Crippen molar-refractivity contribution in [1.29, 1.82) is 0 Å². The lowest BCUT2D eigenvalue weighted by atomic mass is 9.75. The summed E-state index contributed by atoms with van der Waals surface area (Å²) in [4.78, 5) is 0. The van der Waals surface area contributed by atoms with Gasteiger partial charge in [0.25, 0.3) is 0 Å². The van der Waals surface area contributed by atoms with Crippen molar-refractivity contribution in [2.45, 2.75) is 32.3 Å². The zero-order valence-electron chi connectivity index (χ0n) is 11.3. The second kappa shape index (κ2) is 5.98. The van der Waals surface area contributed by atoms with Gasteiger partial charge in [0.1, 0.15) is 8.07 Å². The Hall–Kier alpha value is -0.668. The summed E-state index contributed by atoms with van der Waals surface area (Å²) >= 11 is 4.27. The average Bonchev–Trinajstić information content (AvgIpc) is 2.26. The molecule has 0 fully saturated rings. The Morgan fingerprint density at radius 1 is 1.28 bits per heavy atom. The van der Waals surface area contributed by atoms with Crippen LogP contribution in [0.1, 0.15) is 16.7 Å². The zero-order valence-corrected chi connectivity index (χ0v) is 13.2. The highest BCUT2D eigenvalue weighted by Gasteiger charge is 2.17. The molecule has 0 spiro atoms. The summed E-state index contributed by atoms with van der Waals surface area (Å²) in [5.74, 6) is 3.70. The van der Waals surface area contributed by atoms with E-state index in [1.807, 2.05) is 13.0 Å². The molecule has 2 N–H and O–H groups in total. The molecule has 0 aliphatic rings. The highest BCUT2D eigenvalue weighted by molar-refractivity contribution is 7.79. The first-order valence-electron chi connectivity index (χ1n) is 5.88. The fourth-order valence-corrected chi connectivity index (χ4v) is 2.41. The van der Waals surface area contributed by atoms with E-state index in [2.05, 4.69) is 43.7 Å². The Labute approximate surface area is 116 Å². The first kappa shape index (κ1) is 15.4. The van der Waals surface area contributed by atoms with Crippen molar-refractivity contribution in [3.8, 4) is 11.5 Å². The third kappa shape index (κ3) is 4.22. The number of hydrogen-bond donors (Lipinski definition) is 3. The monoisotopic (exact) mass is 278 g/mol. The lowest BCUT2D eigenvalue weighted by Crippen LogP contribution is -2.33. The van der Waals surface area contributed by atoms with Gasteiger partial charge in [0.15, 0.2) is 0 Å². The summed E-state index contributed by atoms with van der Waals surface area (Å²) in [6, 6.07) is 3.72. The fraction of sp³-hybridized carbons (Fsp3) is 0.385. The summed E-state index contributed by atoms with van der Waals surface area (Å²) in [5, 5.41) is 18.7.